The monoisotopic (exact) mass is 271 g/mol. The first kappa shape index (κ1) is 15.1. The molecule has 0 aliphatic heterocycles. The van der Waals surface area contributed by atoms with Crippen molar-refractivity contribution in [2.75, 3.05) is 0 Å². The van der Waals surface area contributed by atoms with Gasteiger partial charge in [-0.3, -0.25) is 0 Å². The van der Waals surface area contributed by atoms with Crippen LogP contribution in [0.15, 0.2) is 24.3 Å². The molecule has 1 fully saturated rings. The molecule has 1 aliphatic rings. The number of ether oxygens (including phenoxy) is 1. The second-order valence-electron chi connectivity index (χ2n) is 6.44. The predicted molar refractivity (Wildman–Crippen MR) is 81.1 cm³/mol. The smallest absolute Gasteiger partial charge is 0.0995 e. The Morgan fingerprint density at radius 3 is 2.75 bits per heavy atom. The van der Waals surface area contributed by atoms with E-state index in [1.807, 2.05) is 24.3 Å². The summed E-state index contributed by atoms with van der Waals surface area (Å²) in [6.45, 7) is 7.46. The van der Waals surface area contributed by atoms with E-state index in [4.69, 9.17) is 10.00 Å². The standard InChI is InChI=1S/C18H25NO/c1-13(2)17-9-8-14(3)10-18(17)20-12-16-7-5-4-6-15(16)11-19/h4-7,13-14,17-18H,8-10,12H2,1-3H3. The predicted octanol–water partition coefficient (Wildman–Crippen LogP) is 4.54. The summed E-state index contributed by atoms with van der Waals surface area (Å²) in [7, 11) is 0. The molecule has 1 aromatic carbocycles. The number of nitrogens with zero attached hydrogens (tertiary/aromatic N) is 1. The van der Waals surface area contributed by atoms with Gasteiger partial charge in [0.25, 0.3) is 0 Å². The molecule has 0 spiro atoms. The van der Waals surface area contributed by atoms with Gasteiger partial charge < -0.3 is 4.74 Å². The molecule has 0 N–H and O–H groups in total. The lowest BCUT2D eigenvalue weighted by Gasteiger charge is -2.37. The number of hydrogen-bond acceptors (Lipinski definition) is 2. The van der Waals surface area contributed by atoms with Crippen molar-refractivity contribution in [1.82, 2.24) is 0 Å². The van der Waals surface area contributed by atoms with E-state index in [2.05, 4.69) is 26.8 Å². The summed E-state index contributed by atoms with van der Waals surface area (Å²) in [6.07, 6.45) is 4.07. The SMILES string of the molecule is CC1CCC(C(C)C)C(OCc2ccccc2C#N)C1. The first-order valence-corrected chi connectivity index (χ1v) is 7.71. The molecule has 0 bridgehead atoms. The number of nitriles is 1. The fourth-order valence-electron chi connectivity index (χ4n) is 3.26. The fraction of sp³-hybridized carbons (Fsp3) is 0.611. The second-order valence-corrected chi connectivity index (χ2v) is 6.44. The van der Waals surface area contributed by atoms with Crippen molar-refractivity contribution in [2.45, 2.75) is 52.7 Å². The molecule has 1 saturated carbocycles. The molecule has 0 radical (unpaired) electrons. The average Bonchev–Trinajstić information content (AvgIpc) is 2.45. The first-order valence-electron chi connectivity index (χ1n) is 7.71. The summed E-state index contributed by atoms with van der Waals surface area (Å²) < 4.78 is 6.20. The molecule has 3 atom stereocenters. The Hall–Kier alpha value is -1.33. The van der Waals surface area contributed by atoms with Gasteiger partial charge >= 0.3 is 0 Å². The fourth-order valence-corrected chi connectivity index (χ4v) is 3.26. The molecule has 0 aromatic heterocycles. The van der Waals surface area contributed by atoms with Crippen LogP contribution in [0.3, 0.4) is 0 Å². The van der Waals surface area contributed by atoms with Crippen molar-refractivity contribution >= 4 is 0 Å². The third kappa shape index (κ3) is 3.61. The molecule has 0 amide bonds. The zero-order valence-corrected chi connectivity index (χ0v) is 12.8. The highest BCUT2D eigenvalue weighted by Gasteiger charge is 2.31. The Labute approximate surface area is 122 Å². The van der Waals surface area contributed by atoms with Crippen molar-refractivity contribution in [3.63, 3.8) is 0 Å². The van der Waals surface area contributed by atoms with Crippen molar-refractivity contribution in [3.05, 3.63) is 35.4 Å². The van der Waals surface area contributed by atoms with E-state index in [1.54, 1.807) is 0 Å². The van der Waals surface area contributed by atoms with Crippen LogP contribution in [0.4, 0.5) is 0 Å². The van der Waals surface area contributed by atoms with Gasteiger partial charge in [-0.1, -0.05) is 45.4 Å². The van der Waals surface area contributed by atoms with Gasteiger partial charge in [0.05, 0.1) is 24.3 Å². The quantitative estimate of drug-likeness (QED) is 0.805. The van der Waals surface area contributed by atoms with Gasteiger partial charge in [-0.25, -0.2) is 0 Å². The zero-order valence-electron chi connectivity index (χ0n) is 12.8. The minimum atomic E-state index is 0.338. The highest BCUT2D eigenvalue weighted by molar-refractivity contribution is 5.36. The van der Waals surface area contributed by atoms with Crippen molar-refractivity contribution in [2.24, 2.45) is 17.8 Å². The van der Waals surface area contributed by atoms with Crippen LogP contribution in [0, 0.1) is 29.1 Å². The maximum atomic E-state index is 9.13. The van der Waals surface area contributed by atoms with Gasteiger partial charge in [0, 0.05) is 0 Å². The third-order valence-corrected chi connectivity index (χ3v) is 4.55. The minimum Gasteiger partial charge on any atom is -0.373 e. The Kier molecular flexibility index (Phi) is 5.20. The van der Waals surface area contributed by atoms with E-state index in [0.717, 1.165) is 23.5 Å². The Morgan fingerprint density at radius 1 is 1.30 bits per heavy atom. The zero-order chi connectivity index (χ0) is 14.5. The summed E-state index contributed by atoms with van der Waals surface area (Å²) in [5.41, 5.74) is 1.74. The van der Waals surface area contributed by atoms with Gasteiger partial charge in [-0.2, -0.15) is 5.26 Å². The van der Waals surface area contributed by atoms with Crippen molar-refractivity contribution in [3.8, 4) is 6.07 Å². The second kappa shape index (κ2) is 6.90. The highest BCUT2D eigenvalue weighted by Crippen LogP contribution is 2.35. The van der Waals surface area contributed by atoms with Gasteiger partial charge in [0.15, 0.2) is 0 Å². The largest absolute Gasteiger partial charge is 0.373 e. The van der Waals surface area contributed by atoms with E-state index in [0.29, 0.717) is 24.5 Å². The lowest BCUT2D eigenvalue weighted by atomic mass is 9.75. The maximum Gasteiger partial charge on any atom is 0.0995 e. The minimum absolute atomic E-state index is 0.338. The highest BCUT2D eigenvalue weighted by atomic mass is 16.5. The Bertz CT molecular complexity index is 475. The number of rotatable bonds is 4. The van der Waals surface area contributed by atoms with E-state index < -0.39 is 0 Å². The Balaban J connectivity index is 2.02. The summed E-state index contributed by atoms with van der Waals surface area (Å²) in [6, 6.07) is 9.98. The van der Waals surface area contributed by atoms with Gasteiger partial charge in [0.1, 0.15) is 0 Å². The van der Waals surface area contributed by atoms with E-state index in [-0.39, 0.29) is 0 Å². The number of hydrogen-bond donors (Lipinski definition) is 0. The lowest BCUT2D eigenvalue weighted by molar-refractivity contribution is -0.0473. The summed E-state index contributed by atoms with van der Waals surface area (Å²) >= 11 is 0. The molecule has 2 nitrogen and oxygen atoms in total. The molecule has 2 heteroatoms. The van der Waals surface area contributed by atoms with Crippen LogP contribution in [0.5, 0.6) is 0 Å². The molecule has 1 aromatic rings. The van der Waals surface area contributed by atoms with E-state index in [1.165, 1.54) is 12.8 Å². The molecule has 108 valence electrons. The van der Waals surface area contributed by atoms with Crippen LogP contribution >= 0.6 is 0 Å². The molecule has 0 saturated heterocycles. The summed E-state index contributed by atoms with van der Waals surface area (Å²) in [4.78, 5) is 0. The molecular formula is C18H25NO. The van der Waals surface area contributed by atoms with Crippen LogP contribution in [-0.4, -0.2) is 6.10 Å². The summed E-state index contributed by atoms with van der Waals surface area (Å²) in [5.74, 6) is 2.07. The van der Waals surface area contributed by atoms with E-state index >= 15 is 0 Å². The third-order valence-electron chi connectivity index (χ3n) is 4.55. The molecular weight excluding hydrogens is 246 g/mol. The first-order chi connectivity index (χ1) is 9.61. The Morgan fingerprint density at radius 2 is 2.05 bits per heavy atom. The topological polar surface area (TPSA) is 33.0 Å². The number of benzene rings is 1. The molecule has 2 rings (SSSR count). The van der Waals surface area contributed by atoms with Crippen LogP contribution < -0.4 is 0 Å². The van der Waals surface area contributed by atoms with Gasteiger partial charge in [0.2, 0.25) is 0 Å². The van der Waals surface area contributed by atoms with Crippen molar-refractivity contribution in [1.29, 1.82) is 5.26 Å². The normalized spacial score (nSPS) is 26.4. The molecule has 3 unspecified atom stereocenters. The molecule has 0 heterocycles. The summed E-state index contributed by atoms with van der Waals surface area (Å²) in [5, 5.41) is 9.13. The van der Waals surface area contributed by atoms with Gasteiger partial charge in [-0.15, -0.1) is 0 Å². The van der Waals surface area contributed by atoms with Crippen LogP contribution in [0.1, 0.15) is 51.2 Å². The van der Waals surface area contributed by atoms with Crippen molar-refractivity contribution < 1.29 is 4.74 Å². The average molecular weight is 271 g/mol. The van der Waals surface area contributed by atoms with Gasteiger partial charge in [-0.05, 0) is 42.2 Å². The van der Waals surface area contributed by atoms with Crippen LogP contribution in [-0.2, 0) is 11.3 Å². The van der Waals surface area contributed by atoms with E-state index in [9.17, 15) is 0 Å². The van der Waals surface area contributed by atoms with Crippen LogP contribution in [0.25, 0.3) is 0 Å². The lowest BCUT2D eigenvalue weighted by Crippen LogP contribution is -2.34. The van der Waals surface area contributed by atoms with Crippen LogP contribution in [0.2, 0.25) is 0 Å². The maximum absolute atomic E-state index is 9.13. The molecule has 1 aliphatic carbocycles. The molecule has 20 heavy (non-hydrogen) atoms.